The number of unbranched alkanes of at least 4 members (excludes halogenated alkanes) is 2. The van der Waals surface area contributed by atoms with E-state index in [1.165, 1.54) is 0 Å². The van der Waals surface area contributed by atoms with Crippen LogP contribution in [-0.4, -0.2) is 78.9 Å². The Hall–Kier alpha value is -3.83. The Bertz CT molecular complexity index is 1520. The SMILES string of the molecule is C.CC[C@]1(C)NC(=O)[C@H](CCCCCC(=O)[C@@H](C)O[Si](c2ccccc2)(c2ccccc2)C(C)(C)C)NC(=O)[C@H]2CCCN2C(=O)[C@H](C(C)C)NC1=O. The number of hydrogen-bond donors (Lipinski definition) is 3. The molecule has 2 aliphatic heterocycles. The smallest absolute Gasteiger partial charge is 0.262 e. The molecule has 0 radical (unpaired) electrons. The van der Waals surface area contributed by atoms with E-state index in [2.05, 4.69) is 61.0 Å². The van der Waals surface area contributed by atoms with Gasteiger partial charge in [-0.2, -0.15) is 0 Å². The molecule has 0 saturated carbocycles. The van der Waals surface area contributed by atoms with E-state index >= 15 is 0 Å². The van der Waals surface area contributed by atoms with Gasteiger partial charge in [-0.3, -0.25) is 24.0 Å². The summed E-state index contributed by atoms with van der Waals surface area (Å²) in [5, 5.41) is 10.7. The first-order valence-corrected chi connectivity index (χ1v) is 21.0. The molecular formula is C42H64N4O6Si. The molecule has 2 aromatic rings. The molecule has 4 amide bonds. The third-order valence-electron chi connectivity index (χ3n) is 10.9. The fourth-order valence-corrected chi connectivity index (χ4v) is 12.2. The topological polar surface area (TPSA) is 134 Å². The highest BCUT2D eigenvalue weighted by Crippen LogP contribution is 2.37. The highest BCUT2D eigenvalue weighted by atomic mass is 28.4. The van der Waals surface area contributed by atoms with E-state index in [9.17, 15) is 24.0 Å². The van der Waals surface area contributed by atoms with Crippen molar-refractivity contribution >= 4 is 48.1 Å². The molecule has 5 atom stereocenters. The van der Waals surface area contributed by atoms with Crippen molar-refractivity contribution in [2.45, 2.75) is 149 Å². The maximum atomic E-state index is 13.7. The van der Waals surface area contributed by atoms with Crippen LogP contribution in [0.15, 0.2) is 60.7 Å². The molecule has 10 nitrogen and oxygen atoms in total. The number of amides is 4. The number of ketones is 1. The summed E-state index contributed by atoms with van der Waals surface area (Å²) in [6, 6.07) is 18.1. The number of fused-ring (bicyclic) bond motifs is 1. The zero-order valence-electron chi connectivity index (χ0n) is 32.4. The van der Waals surface area contributed by atoms with E-state index < -0.39 is 49.9 Å². The molecule has 0 aliphatic carbocycles. The van der Waals surface area contributed by atoms with Crippen LogP contribution in [0.1, 0.15) is 114 Å². The van der Waals surface area contributed by atoms with Crippen LogP contribution in [0.5, 0.6) is 0 Å². The van der Waals surface area contributed by atoms with E-state index in [0.29, 0.717) is 57.9 Å². The van der Waals surface area contributed by atoms with Gasteiger partial charge in [-0.05, 0) is 67.3 Å². The predicted molar refractivity (Wildman–Crippen MR) is 213 cm³/mol. The minimum atomic E-state index is -2.89. The number of nitrogens with one attached hydrogen (secondary N) is 3. The Morgan fingerprint density at radius 3 is 2.02 bits per heavy atom. The number of benzene rings is 2. The second-order valence-electron chi connectivity index (χ2n) is 16.1. The van der Waals surface area contributed by atoms with Crippen molar-refractivity contribution < 1.29 is 28.4 Å². The normalized spacial score (nSPS) is 23.5. The largest absolute Gasteiger partial charge is 0.398 e. The van der Waals surface area contributed by atoms with Crippen LogP contribution < -0.4 is 26.3 Å². The van der Waals surface area contributed by atoms with Gasteiger partial charge in [0.05, 0.1) is 0 Å². The van der Waals surface area contributed by atoms with Crippen LogP contribution in [0.4, 0.5) is 0 Å². The highest BCUT2D eigenvalue weighted by Gasteiger charge is 2.51. The Morgan fingerprint density at radius 1 is 0.906 bits per heavy atom. The van der Waals surface area contributed by atoms with Crippen molar-refractivity contribution in [3.63, 3.8) is 0 Å². The molecule has 11 heteroatoms. The van der Waals surface area contributed by atoms with E-state index in [1.807, 2.05) is 57.2 Å². The van der Waals surface area contributed by atoms with E-state index in [1.54, 1.807) is 18.7 Å². The van der Waals surface area contributed by atoms with Crippen LogP contribution in [0.3, 0.4) is 0 Å². The van der Waals surface area contributed by atoms with Gasteiger partial charge in [-0.1, -0.05) is 122 Å². The van der Waals surface area contributed by atoms with Gasteiger partial charge < -0.3 is 25.3 Å². The molecule has 0 bridgehead atoms. The Labute approximate surface area is 318 Å². The summed E-state index contributed by atoms with van der Waals surface area (Å²) in [6.07, 6.45) is 3.34. The van der Waals surface area contributed by atoms with Gasteiger partial charge in [0.15, 0.2) is 5.78 Å². The highest BCUT2D eigenvalue weighted by molar-refractivity contribution is 6.99. The van der Waals surface area contributed by atoms with E-state index in [4.69, 9.17) is 4.43 Å². The molecule has 2 heterocycles. The third-order valence-corrected chi connectivity index (χ3v) is 16.1. The van der Waals surface area contributed by atoms with Gasteiger partial charge in [0.1, 0.15) is 29.8 Å². The lowest BCUT2D eigenvalue weighted by atomic mass is 9.93. The summed E-state index contributed by atoms with van der Waals surface area (Å²) < 4.78 is 7.01. The lowest BCUT2D eigenvalue weighted by Gasteiger charge is -2.44. The monoisotopic (exact) mass is 748 g/mol. The van der Waals surface area contributed by atoms with Crippen molar-refractivity contribution in [2.75, 3.05) is 6.54 Å². The van der Waals surface area contributed by atoms with Gasteiger partial charge in [0, 0.05) is 13.0 Å². The molecule has 0 aromatic heterocycles. The van der Waals surface area contributed by atoms with Crippen LogP contribution >= 0.6 is 0 Å². The van der Waals surface area contributed by atoms with Crippen LogP contribution in [-0.2, 0) is 28.4 Å². The maximum absolute atomic E-state index is 13.7. The minimum absolute atomic E-state index is 0. The summed E-state index contributed by atoms with van der Waals surface area (Å²) in [5.74, 6) is -1.67. The molecule has 0 spiro atoms. The molecule has 53 heavy (non-hydrogen) atoms. The fraction of sp³-hybridized carbons (Fsp3) is 0.595. The summed E-state index contributed by atoms with van der Waals surface area (Å²) in [5.41, 5.74) is -1.27. The number of carbonyl (C=O) groups is 5. The zero-order valence-corrected chi connectivity index (χ0v) is 33.4. The van der Waals surface area contributed by atoms with E-state index in [0.717, 1.165) is 10.4 Å². The van der Waals surface area contributed by atoms with Crippen molar-refractivity contribution in [2.24, 2.45) is 5.92 Å². The van der Waals surface area contributed by atoms with Crippen molar-refractivity contribution in [1.82, 2.24) is 20.9 Å². The van der Waals surface area contributed by atoms with Gasteiger partial charge in [0.25, 0.3) is 8.32 Å². The van der Waals surface area contributed by atoms with Crippen molar-refractivity contribution in [3.05, 3.63) is 60.7 Å². The molecule has 0 unspecified atom stereocenters. The van der Waals surface area contributed by atoms with Gasteiger partial charge in [-0.25, -0.2) is 0 Å². The van der Waals surface area contributed by atoms with Crippen LogP contribution in [0, 0.1) is 5.92 Å². The quantitative estimate of drug-likeness (QED) is 0.195. The number of hydrogen-bond acceptors (Lipinski definition) is 6. The van der Waals surface area contributed by atoms with Gasteiger partial charge >= 0.3 is 0 Å². The maximum Gasteiger partial charge on any atom is 0.262 e. The molecule has 3 N–H and O–H groups in total. The minimum Gasteiger partial charge on any atom is -0.398 e. The Kier molecular flexibility index (Phi) is 15.2. The van der Waals surface area contributed by atoms with Gasteiger partial charge in [0.2, 0.25) is 23.6 Å². The first-order chi connectivity index (χ1) is 24.6. The molecule has 2 fully saturated rings. The molecule has 2 aliphatic rings. The number of nitrogens with zero attached hydrogens (tertiary/aromatic N) is 1. The molecule has 4 rings (SSSR count). The summed E-state index contributed by atoms with van der Waals surface area (Å²) >= 11 is 0. The van der Waals surface area contributed by atoms with Gasteiger partial charge in [-0.15, -0.1) is 0 Å². The standard InChI is InChI=1S/C41H60N4O6Si.CH4/c1-9-41(8)39(50)43-35(28(2)3)38(49)45-27-19-25-33(45)37(48)42-32(36(47)44-41)24-17-12-18-26-34(46)29(4)51-52(40(5,6)7,30-20-13-10-14-21-30)31-22-15-11-16-23-31;/h10-11,13-16,20-23,28-29,32-33,35H,9,12,17-19,24-27H2,1-8H3,(H,42,48)(H,43,50)(H,44,47);1H4/t29-,32+,33-,35+,41+;/m1./s1. The molecule has 2 aromatic carbocycles. The summed E-state index contributed by atoms with van der Waals surface area (Å²) in [4.78, 5) is 69.7. The van der Waals surface area contributed by atoms with Crippen molar-refractivity contribution in [1.29, 1.82) is 0 Å². The predicted octanol–water partition coefficient (Wildman–Crippen LogP) is 5.02. The number of Topliss-reactive ketones (excluding diaryl/α,β-unsaturated/α-hetero) is 1. The lowest BCUT2D eigenvalue weighted by Crippen LogP contribution is -2.68. The summed E-state index contributed by atoms with van der Waals surface area (Å²) in [7, 11) is -2.89. The molecular weight excluding hydrogens is 685 g/mol. The number of rotatable bonds is 13. The summed E-state index contributed by atoms with van der Waals surface area (Å²) in [6.45, 7) is 16.0. The molecule has 292 valence electrons. The second-order valence-corrected chi connectivity index (χ2v) is 20.4. The van der Waals surface area contributed by atoms with Crippen LogP contribution in [0.25, 0.3) is 0 Å². The third kappa shape index (κ3) is 9.84. The molecule has 2 saturated heterocycles. The zero-order chi connectivity index (χ0) is 38.3. The lowest BCUT2D eigenvalue weighted by molar-refractivity contribution is -0.145. The first kappa shape index (κ1) is 43.6. The Morgan fingerprint density at radius 2 is 1.49 bits per heavy atom. The number of carbonyl (C=O) groups excluding carboxylic acids is 5. The average Bonchev–Trinajstić information content (AvgIpc) is 3.61. The average molecular weight is 749 g/mol. The second kappa shape index (κ2) is 18.5. The van der Waals surface area contributed by atoms with E-state index in [-0.39, 0.29) is 36.0 Å². The Balaban J connectivity index is 0.00000756. The van der Waals surface area contributed by atoms with Crippen molar-refractivity contribution in [3.8, 4) is 0 Å². The fourth-order valence-electron chi connectivity index (χ4n) is 7.55. The first-order valence-electron chi connectivity index (χ1n) is 19.1. The van der Waals surface area contributed by atoms with Crippen LogP contribution in [0.2, 0.25) is 5.04 Å².